The number of rotatable bonds is 2. The fourth-order valence-electron chi connectivity index (χ4n) is 3.43. The minimum atomic E-state index is -0.857. The van der Waals surface area contributed by atoms with Crippen molar-refractivity contribution in [3.63, 3.8) is 0 Å². The molecule has 4 rings (SSSR count). The van der Waals surface area contributed by atoms with Gasteiger partial charge in [-0.1, -0.05) is 47.6 Å². The van der Waals surface area contributed by atoms with Crippen LogP contribution in [-0.2, 0) is 11.3 Å². The Morgan fingerprint density at radius 3 is 2.74 bits per heavy atom. The molecule has 1 aliphatic heterocycles. The molecular formula is C19H17NO3. The fourth-order valence-corrected chi connectivity index (χ4v) is 3.43. The molecule has 0 saturated heterocycles. The minimum absolute atomic E-state index is 0.00679. The number of carbonyl (C=O) groups excluding carboxylic acids is 1. The SMILES string of the molecule is COc1cccc2c1CCC1(CC(c3ccccc3)=NO1)C2=O. The zero-order chi connectivity index (χ0) is 15.9. The summed E-state index contributed by atoms with van der Waals surface area (Å²) in [7, 11) is 1.63. The summed E-state index contributed by atoms with van der Waals surface area (Å²) in [4.78, 5) is 18.7. The number of oxime groups is 1. The summed E-state index contributed by atoms with van der Waals surface area (Å²) >= 11 is 0. The van der Waals surface area contributed by atoms with E-state index in [9.17, 15) is 4.79 Å². The van der Waals surface area contributed by atoms with Crippen LogP contribution in [0.25, 0.3) is 0 Å². The van der Waals surface area contributed by atoms with Gasteiger partial charge in [-0.2, -0.15) is 0 Å². The number of benzene rings is 2. The van der Waals surface area contributed by atoms with Crippen LogP contribution in [0.4, 0.5) is 0 Å². The second kappa shape index (κ2) is 5.23. The monoisotopic (exact) mass is 307 g/mol. The van der Waals surface area contributed by atoms with Gasteiger partial charge < -0.3 is 9.57 Å². The molecule has 0 bridgehead atoms. The van der Waals surface area contributed by atoms with Crippen molar-refractivity contribution in [1.82, 2.24) is 0 Å². The van der Waals surface area contributed by atoms with Gasteiger partial charge in [-0.25, -0.2) is 0 Å². The van der Waals surface area contributed by atoms with Crippen molar-refractivity contribution in [3.8, 4) is 5.75 Å². The highest BCUT2D eigenvalue weighted by molar-refractivity contribution is 6.11. The van der Waals surface area contributed by atoms with Crippen LogP contribution in [0.1, 0.15) is 34.3 Å². The molecule has 1 aliphatic carbocycles. The molecular weight excluding hydrogens is 290 g/mol. The Kier molecular flexibility index (Phi) is 3.18. The van der Waals surface area contributed by atoms with Crippen LogP contribution in [0, 0.1) is 0 Å². The molecule has 23 heavy (non-hydrogen) atoms. The fraction of sp³-hybridized carbons (Fsp3) is 0.263. The number of nitrogens with zero attached hydrogens (tertiary/aromatic N) is 1. The predicted octanol–water partition coefficient (Wildman–Crippen LogP) is 3.39. The molecule has 116 valence electrons. The van der Waals surface area contributed by atoms with Crippen molar-refractivity contribution < 1.29 is 14.4 Å². The Morgan fingerprint density at radius 2 is 1.96 bits per heavy atom. The summed E-state index contributed by atoms with van der Waals surface area (Å²) in [5, 5.41) is 4.21. The maximum absolute atomic E-state index is 13.0. The van der Waals surface area contributed by atoms with Gasteiger partial charge in [0.15, 0.2) is 0 Å². The van der Waals surface area contributed by atoms with Gasteiger partial charge in [0.05, 0.1) is 12.8 Å². The molecule has 1 unspecified atom stereocenters. The maximum Gasteiger partial charge on any atom is 0.210 e. The van der Waals surface area contributed by atoms with E-state index in [-0.39, 0.29) is 5.78 Å². The van der Waals surface area contributed by atoms with Crippen LogP contribution in [-0.4, -0.2) is 24.2 Å². The Labute approximate surface area is 134 Å². The summed E-state index contributed by atoms with van der Waals surface area (Å²) in [6, 6.07) is 15.5. The average Bonchev–Trinajstić information content (AvgIpc) is 3.04. The second-order valence-corrected chi connectivity index (χ2v) is 5.98. The number of methoxy groups -OCH3 is 1. The summed E-state index contributed by atoms with van der Waals surface area (Å²) < 4.78 is 5.38. The first-order valence-corrected chi connectivity index (χ1v) is 7.75. The van der Waals surface area contributed by atoms with Crippen molar-refractivity contribution >= 4 is 11.5 Å². The third kappa shape index (κ3) is 2.13. The number of carbonyl (C=O) groups is 1. The third-order valence-corrected chi connectivity index (χ3v) is 4.68. The second-order valence-electron chi connectivity index (χ2n) is 5.98. The first-order valence-electron chi connectivity index (χ1n) is 7.75. The molecule has 0 amide bonds. The Morgan fingerprint density at radius 1 is 1.13 bits per heavy atom. The molecule has 0 radical (unpaired) electrons. The summed E-state index contributed by atoms with van der Waals surface area (Å²) in [5.41, 5.74) is 2.66. The van der Waals surface area contributed by atoms with E-state index in [1.165, 1.54) is 0 Å². The highest BCUT2D eigenvalue weighted by atomic mass is 16.7. The number of Topliss-reactive ketones (excluding diaryl/α,β-unsaturated/α-hetero) is 1. The molecule has 0 aromatic heterocycles. The average molecular weight is 307 g/mol. The van der Waals surface area contributed by atoms with Crippen molar-refractivity contribution in [2.45, 2.75) is 24.9 Å². The summed E-state index contributed by atoms with van der Waals surface area (Å²) in [6.07, 6.45) is 1.90. The van der Waals surface area contributed by atoms with Crippen molar-refractivity contribution in [2.75, 3.05) is 7.11 Å². The molecule has 0 N–H and O–H groups in total. The smallest absolute Gasteiger partial charge is 0.210 e. The van der Waals surface area contributed by atoms with Crippen LogP contribution in [0.15, 0.2) is 53.7 Å². The van der Waals surface area contributed by atoms with E-state index in [1.807, 2.05) is 48.5 Å². The van der Waals surface area contributed by atoms with Gasteiger partial charge in [-0.15, -0.1) is 0 Å². The highest BCUT2D eigenvalue weighted by Gasteiger charge is 2.49. The lowest BCUT2D eigenvalue weighted by Crippen LogP contribution is -2.43. The minimum Gasteiger partial charge on any atom is -0.496 e. The molecule has 4 heteroatoms. The standard InChI is InChI=1S/C19H17NO3/c1-22-17-9-5-8-15-14(17)10-11-19(18(15)21)12-16(20-23-19)13-6-3-2-4-7-13/h2-9H,10-12H2,1H3. The number of ketones is 1. The number of hydrogen-bond acceptors (Lipinski definition) is 4. The van der Waals surface area contributed by atoms with Gasteiger partial charge in [0.25, 0.3) is 0 Å². The van der Waals surface area contributed by atoms with Crippen LogP contribution < -0.4 is 4.74 Å². The molecule has 1 atom stereocenters. The lowest BCUT2D eigenvalue weighted by Gasteiger charge is -2.31. The third-order valence-electron chi connectivity index (χ3n) is 4.68. The van der Waals surface area contributed by atoms with Crippen LogP contribution in [0.2, 0.25) is 0 Å². The van der Waals surface area contributed by atoms with E-state index in [4.69, 9.17) is 9.57 Å². The van der Waals surface area contributed by atoms with E-state index in [2.05, 4.69) is 5.16 Å². The largest absolute Gasteiger partial charge is 0.496 e. The first-order chi connectivity index (χ1) is 11.2. The normalized spacial score (nSPS) is 22.5. The molecule has 0 saturated carbocycles. The number of ether oxygens (including phenoxy) is 1. The molecule has 4 nitrogen and oxygen atoms in total. The highest BCUT2D eigenvalue weighted by Crippen LogP contribution is 2.41. The van der Waals surface area contributed by atoms with Gasteiger partial charge in [0.2, 0.25) is 11.4 Å². The van der Waals surface area contributed by atoms with E-state index >= 15 is 0 Å². The molecule has 2 aromatic rings. The lowest BCUT2D eigenvalue weighted by atomic mass is 9.76. The Balaban J connectivity index is 1.66. The maximum atomic E-state index is 13.0. The van der Waals surface area contributed by atoms with Gasteiger partial charge in [0.1, 0.15) is 5.75 Å². The van der Waals surface area contributed by atoms with E-state index in [1.54, 1.807) is 7.11 Å². The predicted molar refractivity (Wildman–Crippen MR) is 87.1 cm³/mol. The number of fused-ring (bicyclic) bond motifs is 1. The van der Waals surface area contributed by atoms with Crippen LogP contribution in [0.5, 0.6) is 5.75 Å². The quantitative estimate of drug-likeness (QED) is 0.854. The zero-order valence-electron chi connectivity index (χ0n) is 12.9. The Hall–Kier alpha value is -2.62. The lowest BCUT2D eigenvalue weighted by molar-refractivity contribution is -0.0120. The van der Waals surface area contributed by atoms with Gasteiger partial charge in [0, 0.05) is 24.0 Å². The van der Waals surface area contributed by atoms with Gasteiger partial charge in [-0.05, 0) is 18.1 Å². The summed E-state index contributed by atoms with van der Waals surface area (Å²) in [6.45, 7) is 0. The molecule has 2 aromatic carbocycles. The van der Waals surface area contributed by atoms with Crippen molar-refractivity contribution in [3.05, 3.63) is 65.2 Å². The zero-order valence-corrected chi connectivity index (χ0v) is 12.9. The van der Waals surface area contributed by atoms with Crippen LogP contribution in [0.3, 0.4) is 0 Å². The molecule has 1 heterocycles. The molecule has 0 fully saturated rings. The summed E-state index contributed by atoms with van der Waals surface area (Å²) in [5.74, 6) is 0.778. The van der Waals surface area contributed by atoms with Crippen LogP contribution >= 0.6 is 0 Å². The van der Waals surface area contributed by atoms with Crippen molar-refractivity contribution in [2.24, 2.45) is 5.16 Å². The first kappa shape index (κ1) is 14.0. The van der Waals surface area contributed by atoms with E-state index < -0.39 is 5.60 Å². The number of hydrogen-bond donors (Lipinski definition) is 0. The topological polar surface area (TPSA) is 47.9 Å². The Bertz CT molecular complexity index is 798. The van der Waals surface area contributed by atoms with E-state index in [0.717, 1.165) is 29.0 Å². The molecule has 2 aliphatic rings. The molecule has 1 spiro atoms. The van der Waals surface area contributed by atoms with Gasteiger partial charge >= 0.3 is 0 Å². The van der Waals surface area contributed by atoms with E-state index in [0.29, 0.717) is 18.4 Å². The van der Waals surface area contributed by atoms with Crippen molar-refractivity contribution in [1.29, 1.82) is 0 Å². The van der Waals surface area contributed by atoms with Gasteiger partial charge in [-0.3, -0.25) is 4.79 Å².